The van der Waals surface area contributed by atoms with E-state index in [-0.39, 0.29) is 5.91 Å². The van der Waals surface area contributed by atoms with E-state index in [0.717, 1.165) is 22.9 Å². The Morgan fingerprint density at radius 3 is 2.67 bits per heavy atom. The van der Waals surface area contributed by atoms with Crippen LogP contribution in [-0.2, 0) is 0 Å². The zero-order valence-electron chi connectivity index (χ0n) is 10.6. The quantitative estimate of drug-likeness (QED) is 0.648. The highest BCUT2D eigenvalue weighted by Crippen LogP contribution is 2.18. The number of hydrogen-bond donors (Lipinski definition) is 1. The van der Waals surface area contributed by atoms with Gasteiger partial charge in [0.2, 0.25) is 0 Å². The first-order valence-electron chi connectivity index (χ1n) is 6.03. The van der Waals surface area contributed by atoms with Crippen molar-refractivity contribution in [2.24, 2.45) is 5.10 Å². The number of benzene rings is 2. The summed E-state index contributed by atoms with van der Waals surface area (Å²) >= 11 is 0. The number of carbonyl (C=O) groups is 1. The first-order valence-corrected chi connectivity index (χ1v) is 6.03. The molecular formula is C15H16N2O. The summed E-state index contributed by atoms with van der Waals surface area (Å²) in [6, 6.07) is 13.5. The van der Waals surface area contributed by atoms with Gasteiger partial charge in [-0.05, 0) is 30.2 Å². The molecule has 0 spiro atoms. The van der Waals surface area contributed by atoms with Crippen molar-refractivity contribution in [1.82, 2.24) is 5.43 Å². The number of nitrogens with one attached hydrogen (secondary N) is 1. The lowest BCUT2D eigenvalue weighted by atomic mass is 10.0. The summed E-state index contributed by atoms with van der Waals surface area (Å²) in [6.07, 6.45) is 0.829. The standard InChI is InChI=1S/C15H16N2O/c1-3-11(2)16-17-15(18)14-10-6-8-12-7-4-5-9-13(12)14/h4-10H,3H2,1-2H3,(H,17,18). The summed E-state index contributed by atoms with van der Waals surface area (Å²) in [5, 5.41) is 6.05. The molecule has 3 nitrogen and oxygen atoms in total. The third kappa shape index (κ3) is 2.56. The highest BCUT2D eigenvalue weighted by molar-refractivity contribution is 6.07. The molecule has 0 unspecified atom stereocenters. The molecule has 0 atom stereocenters. The van der Waals surface area contributed by atoms with Crippen molar-refractivity contribution in [3.63, 3.8) is 0 Å². The molecule has 0 saturated carbocycles. The Hall–Kier alpha value is -2.16. The summed E-state index contributed by atoms with van der Waals surface area (Å²) in [4.78, 5) is 12.1. The van der Waals surface area contributed by atoms with Crippen LogP contribution in [0.2, 0.25) is 0 Å². The van der Waals surface area contributed by atoms with E-state index in [1.54, 1.807) is 0 Å². The Kier molecular flexibility index (Phi) is 3.72. The molecule has 0 bridgehead atoms. The average molecular weight is 240 g/mol. The number of hydrazone groups is 1. The lowest BCUT2D eigenvalue weighted by molar-refractivity contribution is 0.0956. The Morgan fingerprint density at radius 1 is 1.17 bits per heavy atom. The zero-order chi connectivity index (χ0) is 13.0. The van der Waals surface area contributed by atoms with Crippen molar-refractivity contribution in [2.45, 2.75) is 20.3 Å². The molecule has 92 valence electrons. The SMILES string of the molecule is CCC(C)=NNC(=O)c1cccc2ccccc12. The lowest BCUT2D eigenvalue weighted by Gasteiger charge is -2.05. The zero-order valence-corrected chi connectivity index (χ0v) is 10.6. The van der Waals surface area contributed by atoms with E-state index >= 15 is 0 Å². The van der Waals surface area contributed by atoms with Crippen LogP contribution in [0, 0.1) is 0 Å². The van der Waals surface area contributed by atoms with Gasteiger partial charge >= 0.3 is 0 Å². The van der Waals surface area contributed by atoms with E-state index < -0.39 is 0 Å². The minimum absolute atomic E-state index is 0.167. The van der Waals surface area contributed by atoms with Gasteiger partial charge in [0.25, 0.3) is 5.91 Å². The number of fused-ring (bicyclic) bond motifs is 1. The van der Waals surface area contributed by atoms with Gasteiger partial charge in [-0.1, -0.05) is 43.3 Å². The minimum Gasteiger partial charge on any atom is -0.267 e. The number of carbonyl (C=O) groups excluding carboxylic acids is 1. The summed E-state index contributed by atoms with van der Waals surface area (Å²) in [5.41, 5.74) is 4.15. The maximum Gasteiger partial charge on any atom is 0.271 e. The highest BCUT2D eigenvalue weighted by Gasteiger charge is 2.08. The molecule has 0 aliphatic rings. The Balaban J connectivity index is 2.33. The Morgan fingerprint density at radius 2 is 1.89 bits per heavy atom. The Bertz CT molecular complexity index is 597. The lowest BCUT2D eigenvalue weighted by Crippen LogP contribution is -2.19. The molecule has 1 N–H and O–H groups in total. The molecule has 2 aromatic carbocycles. The predicted molar refractivity (Wildman–Crippen MR) is 74.8 cm³/mol. The molecule has 0 fully saturated rings. The summed E-state index contributed by atoms with van der Waals surface area (Å²) < 4.78 is 0. The summed E-state index contributed by atoms with van der Waals surface area (Å²) in [6.45, 7) is 3.90. The van der Waals surface area contributed by atoms with Crippen molar-refractivity contribution < 1.29 is 4.79 Å². The molecule has 0 aromatic heterocycles. The van der Waals surface area contributed by atoms with Crippen molar-refractivity contribution in [1.29, 1.82) is 0 Å². The van der Waals surface area contributed by atoms with Crippen LogP contribution in [0.5, 0.6) is 0 Å². The van der Waals surface area contributed by atoms with Crippen LogP contribution < -0.4 is 5.43 Å². The second-order valence-corrected chi connectivity index (χ2v) is 4.17. The maximum absolute atomic E-state index is 12.1. The molecule has 0 aliphatic heterocycles. The van der Waals surface area contributed by atoms with Crippen LogP contribution in [0.1, 0.15) is 30.6 Å². The number of amides is 1. The first-order chi connectivity index (χ1) is 8.72. The first kappa shape index (κ1) is 12.3. The van der Waals surface area contributed by atoms with Gasteiger partial charge in [-0.2, -0.15) is 5.10 Å². The van der Waals surface area contributed by atoms with Gasteiger partial charge in [0, 0.05) is 11.3 Å². The minimum atomic E-state index is -0.167. The van der Waals surface area contributed by atoms with E-state index in [0.29, 0.717) is 5.56 Å². The van der Waals surface area contributed by atoms with Gasteiger partial charge < -0.3 is 0 Å². The van der Waals surface area contributed by atoms with Gasteiger partial charge in [0.05, 0.1) is 0 Å². The molecule has 0 heterocycles. The van der Waals surface area contributed by atoms with E-state index in [2.05, 4.69) is 10.5 Å². The van der Waals surface area contributed by atoms with Gasteiger partial charge in [0.15, 0.2) is 0 Å². The molecule has 1 amide bonds. The van der Waals surface area contributed by atoms with Gasteiger partial charge in [-0.3, -0.25) is 4.79 Å². The number of rotatable bonds is 3. The second kappa shape index (κ2) is 5.45. The average Bonchev–Trinajstić information content (AvgIpc) is 2.43. The van der Waals surface area contributed by atoms with E-state index in [4.69, 9.17) is 0 Å². The van der Waals surface area contributed by atoms with Gasteiger partial charge in [-0.25, -0.2) is 5.43 Å². The predicted octanol–water partition coefficient (Wildman–Crippen LogP) is 3.36. The number of nitrogens with zero attached hydrogens (tertiary/aromatic N) is 1. The van der Waals surface area contributed by atoms with Crippen LogP contribution in [0.25, 0.3) is 10.8 Å². The molecule has 0 saturated heterocycles. The number of hydrogen-bond acceptors (Lipinski definition) is 2. The molecule has 3 heteroatoms. The summed E-state index contributed by atoms with van der Waals surface area (Å²) in [5.74, 6) is -0.167. The monoisotopic (exact) mass is 240 g/mol. The van der Waals surface area contributed by atoms with Crippen LogP contribution in [0.3, 0.4) is 0 Å². The maximum atomic E-state index is 12.1. The third-order valence-corrected chi connectivity index (χ3v) is 2.89. The fourth-order valence-corrected chi connectivity index (χ4v) is 1.71. The van der Waals surface area contributed by atoms with E-state index in [9.17, 15) is 4.79 Å². The van der Waals surface area contributed by atoms with Crippen LogP contribution >= 0.6 is 0 Å². The highest BCUT2D eigenvalue weighted by atomic mass is 16.2. The summed E-state index contributed by atoms with van der Waals surface area (Å²) in [7, 11) is 0. The molecular weight excluding hydrogens is 224 g/mol. The van der Waals surface area contributed by atoms with Crippen molar-refractivity contribution >= 4 is 22.4 Å². The Labute approximate surface area is 107 Å². The van der Waals surface area contributed by atoms with Crippen LogP contribution in [-0.4, -0.2) is 11.6 Å². The second-order valence-electron chi connectivity index (χ2n) is 4.17. The van der Waals surface area contributed by atoms with Crippen molar-refractivity contribution in [2.75, 3.05) is 0 Å². The smallest absolute Gasteiger partial charge is 0.267 e. The van der Waals surface area contributed by atoms with Crippen molar-refractivity contribution in [3.05, 3.63) is 48.0 Å². The fourth-order valence-electron chi connectivity index (χ4n) is 1.71. The van der Waals surface area contributed by atoms with Gasteiger partial charge in [0.1, 0.15) is 0 Å². The molecule has 2 aromatic rings. The molecule has 18 heavy (non-hydrogen) atoms. The van der Waals surface area contributed by atoms with Crippen LogP contribution in [0.4, 0.5) is 0 Å². The van der Waals surface area contributed by atoms with Gasteiger partial charge in [-0.15, -0.1) is 0 Å². The largest absolute Gasteiger partial charge is 0.271 e. The fraction of sp³-hybridized carbons (Fsp3) is 0.200. The molecule has 2 rings (SSSR count). The van der Waals surface area contributed by atoms with E-state index in [1.807, 2.05) is 56.3 Å². The van der Waals surface area contributed by atoms with E-state index in [1.165, 1.54) is 0 Å². The molecule has 0 radical (unpaired) electrons. The van der Waals surface area contributed by atoms with Crippen LogP contribution in [0.15, 0.2) is 47.6 Å². The molecule has 0 aliphatic carbocycles. The third-order valence-electron chi connectivity index (χ3n) is 2.89. The normalized spacial score (nSPS) is 11.6. The topological polar surface area (TPSA) is 41.5 Å². The van der Waals surface area contributed by atoms with Crippen molar-refractivity contribution in [3.8, 4) is 0 Å².